The second kappa shape index (κ2) is 10.0. The second-order valence-electron chi connectivity index (χ2n) is 5.35. The number of anilines is 2. The van der Waals surface area contributed by atoms with Crippen LogP contribution in [0.2, 0.25) is 0 Å². The fraction of sp³-hybridized carbons (Fsp3) is 0.263. The van der Waals surface area contributed by atoms with Crippen LogP contribution in [0.3, 0.4) is 0 Å². The van der Waals surface area contributed by atoms with Crippen molar-refractivity contribution in [3.05, 3.63) is 48.0 Å². The van der Waals surface area contributed by atoms with Gasteiger partial charge in [-0.2, -0.15) is 0 Å². The van der Waals surface area contributed by atoms with Crippen LogP contribution in [0.15, 0.2) is 42.5 Å². The summed E-state index contributed by atoms with van der Waals surface area (Å²) < 4.78 is 20.1. The average molecular weight is 374 g/mol. The molecule has 2 rings (SSSR count). The first-order valence-corrected chi connectivity index (χ1v) is 8.13. The molecule has 2 N–H and O–H groups in total. The molecule has 2 aromatic carbocycles. The Morgan fingerprint density at radius 3 is 2.30 bits per heavy atom. The highest BCUT2D eigenvalue weighted by Crippen LogP contribution is 2.25. The molecule has 0 aromatic heterocycles. The van der Waals surface area contributed by atoms with Gasteiger partial charge in [-0.3, -0.25) is 10.1 Å². The van der Waals surface area contributed by atoms with Crippen LogP contribution in [0.1, 0.15) is 10.4 Å². The zero-order chi connectivity index (χ0) is 19.6. The van der Waals surface area contributed by atoms with Gasteiger partial charge in [0.2, 0.25) is 0 Å². The minimum atomic E-state index is -0.606. The fourth-order valence-electron chi connectivity index (χ4n) is 2.24. The third kappa shape index (κ3) is 5.89. The highest BCUT2D eigenvalue weighted by Gasteiger charge is 2.14. The summed E-state index contributed by atoms with van der Waals surface area (Å²) in [6, 6.07) is 11.6. The third-order valence-electron chi connectivity index (χ3n) is 3.54. The zero-order valence-electron chi connectivity index (χ0n) is 15.4. The molecule has 27 heavy (non-hydrogen) atoms. The van der Waals surface area contributed by atoms with E-state index in [1.165, 1.54) is 21.3 Å². The summed E-state index contributed by atoms with van der Waals surface area (Å²) in [5.74, 6) is 0.588. The second-order valence-corrected chi connectivity index (χ2v) is 5.35. The molecule has 0 aliphatic rings. The molecule has 0 aliphatic carbocycles. The van der Waals surface area contributed by atoms with Crippen molar-refractivity contribution in [1.29, 1.82) is 0 Å². The van der Waals surface area contributed by atoms with E-state index in [-0.39, 0.29) is 12.5 Å². The molecule has 0 aliphatic heterocycles. The first-order valence-electron chi connectivity index (χ1n) is 8.13. The molecule has 8 heteroatoms. The predicted octanol–water partition coefficient (Wildman–Crippen LogP) is 3.15. The van der Waals surface area contributed by atoms with Crippen LogP contribution in [0.25, 0.3) is 0 Å². The number of ether oxygens (including phenoxy) is 4. The summed E-state index contributed by atoms with van der Waals surface area (Å²) in [4.78, 5) is 24.3. The molecular weight excluding hydrogens is 352 g/mol. The van der Waals surface area contributed by atoms with Crippen LogP contribution < -0.4 is 20.1 Å². The summed E-state index contributed by atoms with van der Waals surface area (Å²) in [6.45, 7) is 0.459. The van der Waals surface area contributed by atoms with Gasteiger partial charge in [0, 0.05) is 18.5 Å². The van der Waals surface area contributed by atoms with Gasteiger partial charge in [0.1, 0.15) is 18.1 Å². The molecule has 0 fully saturated rings. The maximum atomic E-state index is 12.6. The van der Waals surface area contributed by atoms with E-state index in [0.717, 1.165) is 0 Å². The number of carbonyl (C=O) groups excluding carboxylic acids is 2. The van der Waals surface area contributed by atoms with Gasteiger partial charge in [-0.05, 0) is 36.4 Å². The molecule has 0 spiro atoms. The number of benzene rings is 2. The smallest absolute Gasteiger partial charge is 0.411 e. The lowest BCUT2D eigenvalue weighted by Gasteiger charge is -2.12. The number of hydrogen-bond acceptors (Lipinski definition) is 6. The summed E-state index contributed by atoms with van der Waals surface area (Å²) in [5, 5.41) is 5.35. The van der Waals surface area contributed by atoms with Gasteiger partial charge in [-0.15, -0.1) is 0 Å². The van der Waals surface area contributed by atoms with Crippen molar-refractivity contribution in [2.75, 3.05) is 45.2 Å². The first-order chi connectivity index (χ1) is 13.1. The minimum Gasteiger partial charge on any atom is -0.497 e. The van der Waals surface area contributed by atoms with E-state index < -0.39 is 6.09 Å². The molecule has 8 nitrogen and oxygen atoms in total. The third-order valence-corrected chi connectivity index (χ3v) is 3.54. The van der Waals surface area contributed by atoms with Gasteiger partial charge < -0.3 is 24.3 Å². The molecule has 0 saturated carbocycles. The van der Waals surface area contributed by atoms with E-state index in [0.29, 0.717) is 35.0 Å². The van der Waals surface area contributed by atoms with Crippen LogP contribution in [0, 0.1) is 0 Å². The van der Waals surface area contributed by atoms with Gasteiger partial charge in [0.15, 0.2) is 0 Å². The molecular formula is C19H22N2O6. The Morgan fingerprint density at radius 1 is 0.889 bits per heavy atom. The summed E-state index contributed by atoms with van der Waals surface area (Å²) in [7, 11) is 4.52. The number of hydrogen-bond donors (Lipinski definition) is 2. The molecule has 0 saturated heterocycles. The highest BCUT2D eigenvalue weighted by atomic mass is 16.6. The van der Waals surface area contributed by atoms with Crippen LogP contribution in [-0.4, -0.2) is 46.5 Å². The first kappa shape index (κ1) is 20.1. The molecule has 0 radical (unpaired) electrons. The maximum Gasteiger partial charge on any atom is 0.411 e. The largest absolute Gasteiger partial charge is 0.497 e. The van der Waals surface area contributed by atoms with Gasteiger partial charge >= 0.3 is 6.09 Å². The Balaban J connectivity index is 2.07. The standard InChI is InChI=1S/C19H22N2O6/c1-24-9-10-27-19(23)21-14-6-4-5-13(11-14)20-18(22)16-12-15(25-2)7-8-17(16)26-3/h4-8,11-12H,9-10H2,1-3H3,(H,20,22)(H,21,23). The Labute approximate surface area is 157 Å². The Hall–Kier alpha value is -3.26. The zero-order valence-corrected chi connectivity index (χ0v) is 15.4. The summed E-state index contributed by atoms with van der Waals surface area (Å²) >= 11 is 0. The number of amides is 2. The van der Waals surface area contributed by atoms with Crippen molar-refractivity contribution >= 4 is 23.4 Å². The number of nitrogens with one attached hydrogen (secondary N) is 2. The van der Waals surface area contributed by atoms with E-state index in [1.807, 2.05) is 0 Å². The van der Waals surface area contributed by atoms with E-state index in [1.54, 1.807) is 42.5 Å². The molecule has 144 valence electrons. The molecule has 2 aromatic rings. The predicted molar refractivity (Wildman–Crippen MR) is 101 cm³/mol. The molecule has 0 bridgehead atoms. The molecule has 2 amide bonds. The lowest BCUT2D eigenvalue weighted by Crippen LogP contribution is -2.17. The van der Waals surface area contributed by atoms with Crippen molar-refractivity contribution in [1.82, 2.24) is 0 Å². The van der Waals surface area contributed by atoms with Crippen molar-refractivity contribution in [2.24, 2.45) is 0 Å². The lowest BCUT2D eigenvalue weighted by atomic mass is 10.1. The SMILES string of the molecule is COCCOC(=O)Nc1cccc(NC(=O)c2cc(OC)ccc2OC)c1. The Kier molecular flexibility index (Phi) is 7.45. The van der Waals surface area contributed by atoms with Crippen LogP contribution in [-0.2, 0) is 9.47 Å². The number of carbonyl (C=O) groups is 2. The van der Waals surface area contributed by atoms with Gasteiger partial charge in [-0.25, -0.2) is 4.79 Å². The van der Waals surface area contributed by atoms with Gasteiger partial charge in [0.05, 0.1) is 26.4 Å². The summed E-state index contributed by atoms with van der Waals surface area (Å²) in [5.41, 5.74) is 1.31. The quantitative estimate of drug-likeness (QED) is 0.689. The van der Waals surface area contributed by atoms with Crippen molar-refractivity contribution in [3.63, 3.8) is 0 Å². The molecule has 0 atom stereocenters. The van der Waals surface area contributed by atoms with Crippen molar-refractivity contribution in [3.8, 4) is 11.5 Å². The van der Waals surface area contributed by atoms with Crippen molar-refractivity contribution < 1.29 is 28.5 Å². The monoisotopic (exact) mass is 374 g/mol. The van der Waals surface area contributed by atoms with Crippen LogP contribution in [0.5, 0.6) is 11.5 Å². The van der Waals surface area contributed by atoms with E-state index in [4.69, 9.17) is 18.9 Å². The molecule has 0 heterocycles. The van der Waals surface area contributed by atoms with Gasteiger partial charge in [0.25, 0.3) is 5.91 Å². The Morgan fingerprint density at radius 2 is 1.63 bits per heavy atom. The Bertz CT molecular complexity index is 794. The van der Waals surface area contributed by atoms with E-state index >= 15 is 0 Å². The van der Waals surface area contributed by atoms with Crippen LogP contribution in [0.4, 0.5) is 16.2 Å². The maximum absolute atomic E-state index is 12.6. The highest BCUT2D eigenvalue weighted by molar-refractivity contribution is 6.06. The normalized spacial score (nSPS) is 10.0. The topological polar surface area (TPSA) is 95.1 Å². The van der Waals surface area contributed by atoms with E-state index in [2.05, 4.69) is 10.6 Å². The lowest BCUT2D eigenvalue weighted by molar-refractivity contribution is 0.102. The number of methoxy groups -OCH3 is 3. The van der Waals surface area contributed by atoms with Crippen molar-refractivity contribution in [2.45, 2.75) is 0 Å². The van der Waals surface area contributed by atoms with Gasteiger partial charge in [-0.1, -0.05) is 6.07 Å². The fourth-order valence-corrected chi connectivity index (χ4v) is 2.24. The van der Waals surface area contributed by atoms with E-state index in [9.17, 15) is 9.59 Å². The molecule has 0 unspecified atom stereocenters. The number of rotatable bonds is 8. The minimum absolute atomic E-state index is 0.147. The average Bonchev–Trinajstić information content (AvgIpc) is 2.67. The summed E-state index contributed by atoms with van der Waals surface area (Å²) in [6.07, 6.45) is -0.606. The van der Waals surface area contributed by atoms with Crippen LogP contribution >= 0.6 is 0 Å².